The summed E-state index contributed by atoms with van der Waals surface area (Å²) < 4.78 is 14.7. The van der Waals surface area contributed by atoms with Crippen molar-refractivity contribution in [2.75, 3.05) is 21.1 Å². The first-order chi connectivity index (χ1) is 12.3. The van der Waals surface area contributed by atoms with Crippen molar-refractivity contribution in [1.82, 2.24) is 4.48 Å². The van der Waals surface area contributed by atoms with E-state index in [1.807, 2.05) is 75.7 Å². The molecule has 0 unspecified atom stereocenters. The molecule has 0 radical (unpaired) electrons. The van der Waals surface area contributed by atoms with E-state index in [0.29, 0.717) is 20.7 Å². The van der Waals surface area contributed by atoms with Crippen LogP contribution in [-0.4, -0.2) is 26.7 Å². The van der Waals surface area contributed by atoms with Crippen LogP contribution in [0.25, 0.3) is 0 Å². The number of carbonyl (C=O) groups is 1. The maximum absolute atomic E-state index is 14.2. The van der Waals surface area contributed by atoms with Crippen LogP contribution in [0.4, 0.5) is 5.69 Å². The van der Waals surface area contributed by atoms with Crippen LogP contribution in [0, 0.1) is 0 Å². The fourth-order valence-corrected chi connectivity index (χ4v) is 5.55. The first kappa shape index (κ1) is 18.3. The van der Waals surface area contributed by atoms with Crippen LogP contribution in [0.2, 0.25) is 0 Å². The van der Waals surface area contributed by atoms with E-state index in [2.05, 4.69) is 0 Å². The minimum Gasteiger partial charge on any atom is -0.305 e. The molecule has 0 fully saturated rings. The topological polar surface area (TPSA) is 34.1 Å². The molecule has 3 rings (SSSR count). The highest BCUT2D eigenvalue weighted by Gasteiger charge is 2.39. The number of hydrogen-bond acceptors (Lipinski definition) is 2. The fourth-order valence-electron chi connectivity index (χ4n) is 3.07. The van der Waals surface area contributed by atoms with Crippen molar-refractivity contribution in [2.24, 2.45) is 0 Å². The van der Waals surface area contributed by atoms with Gasteiger partial charge in [-0.05, 0) is 12.1 Å². The first-order valence-electron chi connectivity index (χ1n) is 8.52. The second-order valence-electron chi connectivity index (χ2n) is 7.12. The molecule has 26 heavy (non-hydrogen) atoms. The van der Waals surface area contributed by atoms with Crippen LogP contribution in [0.5, 0.6) is 0 Å². The Labute approximate surface area is 154 Å². The molecule has 0 spiro atoms. The van der Waals surface area contributed by atoms with Crippen molar-refractivity contribution in [3.63, 3.8) is 0 Å². The zero-order valence-corrected chi connectivity index (χ0v) is 16.2. The quantitative estimate of drug-likeness (QED) is 0.506. The molecule has 0 saturated heterocycles. The molecule has 4 heteroatoms. The van der Waals surface area contributed by atoms with E-state index in [1.54, 1.807) is 30.3 Å². The van der Waals surface area contributed by atoms with Crippen molar-refractivity contribution < 1.29 is 9.36 Å². The number of quaternary nitrogens is 1. The van der Waals surface area contributed by atoms with Gasteiger partial charge in [0.15, 0.2) is 0 Å². The Kier molecular flexibility index (Phi) is 4.95. The van der Waals surface area contributed by atoms with Crippen LogP contribution < -0.4 is 15.1 Å². The third kappa shape index (κ3) is 3.29. The molecule has 0 aliphatic carbocycles. The van der Waals surface area contributed by atoms with Crippen molar-refractivity contribution in [1.29, 1.82) is 0 Å². The first-order valence-corrected chi connectivity index (χ1v) is 10.2. The van der Waals surface area contributed by atoms with Crippen molar-refractivity contribution in [2.45, 2.75) is 0 Å². The monoisotopic (exact) mass is 364 g/mol. The van der Waals surface area contributed by atoms with E-state index in [-0.39, 0.29) is 5.52 Å². The summed E-state index contributed by atoms with van der Waals surface area (Å²) in [6.07, 6.45) is 0. The largest absolute Gasteiger partial charge is 0.305 e. The smallest absolute Gasteiger partial charge is 0.236 e. The normalized spacial score (nSPS) is 12.0. The molecule has 0 heterocycles. The summed E-state index contributed by atoms with van der Waals surface area (Å²) in [6, 6.07) is 25.6. The van der Waals surface area contributed by atoms with Crippen molar-refractivity contribution in [3.05, 3.63) is 90.5 Å². The molecule has 0 amide bonds. The Hall–Kier alpha value is -2.48. The van der Waals surface area contributed by atoms with Crippen LogP contribution in [0.1, 0.15) is 10.4 Å². The van der Waals surface area contributed by atoms with Gasteiger partial charge in [0.1, 0.15) is 5.69 Å². The summed E-state index contributed by atoms with van der Waals surface area (Å²) in [5.74, 6) is 0. The molecule has 3 aromatic carbocycles. The molecule has 0 bridgehead atoms. The Morgan fingerprint density at radius 1 is 0.692 bits per heavy atom. The van der Waals surface area contributed by atoms with Gasteiger partial charge in [-0.25, -0.2) is 0 Å². The molecule has 0 aliphatic heterocycles. The molecule has 3 aromatic rings. The van der Waals surface area contributed by atoms with Crippen LogP contribution in [-0.2, 0) is 4.57 Å². The highest BCUT2D eigenvalue weighted by atomic mass is 31.2. The van der Waals surface area contributed by atoms with E-state index in [0.717, 1.165) is 5.69 Å². The Bertz CT molecular complexity index is 917. The van der Waals surface area contributed by atoms with Crippen LogP contribution >= 0.6 is 7.14 Å². The lowest BCUT2D eigenvalue weighted by Crippen LogP contribution is -2.36. The second-order valence-corrected chi connectivity index (χ2v) is 9.77. The second kappa shape index (κ2) is 7.03. The standard InChI is InChI=1S/C22H23NO2P/c1-23(2,3)21-17-11-10-16-20(21)22(24)26(25,18-12-6-4-7-13-18)19-14-8-5-9-15-19/h4-17H,1-3H3/q+1. The number of hydrogen-bond donors (Lipinski definition) is 0. The molecular weight excluding hydrogens is 341 g/mol. The average molecular weight is 364 g/mol. The van der Waals surface area contributed by atoms with Crippen LogP contribution in [0.3, 0.4) is 0 Å². The summed E-state index contributed by atoms with van der Waals surface area (Å²) in [5.41, 5.74) is 1.04. The zero-order chi connectivity index (χ0) is 18.8. The Morgan fingerprint density at radius 3 is 1.58 bits per heavy atom. The molecule has 0 N–H and O–H groups in total. The number of nitrogens with zero attached hydrogens (tertiary/aromatic N) is 1. The summed E-state index contributed by atoms with van der Waals surface area (Å²) >= 11 is 0. The van der Waals surface area contributed by atoms with E-state index >= 15 is 0 Å². The third-order valence-electron chi connectivity index (χ3n) is 4.38. The summed E-state index contributed by atoms with van der Waals surface area (Å²) in [6.45, 7) is 0. The summed E-state index contributed by atoms with van der Waals surface area (Å²) in [5, 5.41) is 1.12. The van der Waals surface area contributed by atoms with Gasteiger partial charge in [0.2, 0.25) is 12.7 Å². The van der Waals surface area contributed by atoms with E-state index in [9.17, 15) is 9.36 Å². The molecule has 0 atom stereocenters. The van der Waals surface area contributed by atoms with Gasteiger partial charge in [-0.2, -0.15) is 0 Å². The van der Waals surface area contributed by atoms with Gasteiger partial charge < -0.3 is 4.57 Å². The maximum Gasteiger partial charge on any atom is 0.236 e. The molecule has 3 nitrogen and oxygen atoms in total. The van der Waals surface area contributed by atoms with Crippen molar-refractivity contribution in [3.8, 4) is 0 Å². The number of carbonyl (C=O) groups excluding carboxylic acids is 1. The number of para-hydroxylation sites is 1. The molecule has 0 aromatic heterocycles. The lowest BCUT2D eigenvalue weighted by atomic mass is 10.1. The van der Waals surface area contributed by atoms with Gasteiger partial charge in [-0.15, -0.1) is 0 Å². The summed E-state index contributed by atoms with van der Waals surface area (Å²) in [7, 11) is 2.52. The van der Waals surface area contributed by atoms with E-state index in [1.165, 1.54) is 0 Å². The van der Waals surface area contributed by atoms with Gasteiger partial charge in [0.05, 0.1) is 26.7 Å². The predicted octanol–water partition coefficient (Wildman–Crippen LogP) is 4.04. The zero-order valence-electron chi connectivity index (χ0n) is 15.3. The molecule has 0 aliphatic rings. The van der Waals surface area contributed by atoms with Crippen LogP contribution in [0.15, 0.2) is 84.9 Å². The summed E-state index contributed by atoms with van der Waals surface area (Å²) in [4.78, 5) is 13.7. The SMILES string of the molecule is C[N+](C)(C)c1ccccc1C(=O)P(=O)(c1ccccc1)c1ccccc1. The van der Waals surface area contributed by atoms with Crippen molar-refractivity contribution >= 4 is 29.0 Å². The van der Waals surface area contributed by atoms with Gasteiger partial charge >= 0.3 is 0 Å². The van der Waals surface area contributed by atoms with Gasteiger partial charge in [0, 0.05) is 10.6 Å². The highest BCUT2D eigenvalue weighted by Crippen LogP contribution is 2.48. The highest BCUT2D eigenvalue weighted by molar-refractivity contribution is 7.93. The number of benzene rings is 3. The fraction of sp³-hybridized carbons (Fsp3) is 0.136. The molecule has 0 saturated carbocycles. The lowest BCUT2D eigenvalue weighted by Gasteiger charge is -2.27. The Balaban J connectivity index is 2.26. The van der Waals surface area contributed by atoms with Gasteiger partial charge in [0.25, 0.3) is 0 Å². The Morgan fingerprint density at radius 2 is 1.12 bits per heavy atom. The van der Waals surface area contributed by atoms with Gasteiger partial charge in [-0.3, -0.25) is 9.28 Å². The minimum atomic E-state index is -3.48. The minimum absolute atomic E-state index is 0.321. The van der Waals surface area contributed by atoms with E-state index in [4.69, 9.17) is 0 Å². The maximum atomic E-state index is 14.2. The van der Waals surface area contributed by atoms with E-state index < -0.39 is 7.14 Å². The predicted molar refractivity (Wildman–Crippen MR) is 110 cm³/mol. The van der Waals surface area contributed by atoms with Gasteiger partial charge in [-0.1, -0.05) is 72.8 Å². The molecule has 132 valence electrons. The number of rotatable bonds is 5. The molecular formula is C22H23NO2P+. The average Bonchev–Trinajstić information content (AvgIpc) is 2.67. The third-order valence-corrected chi connectivity index (χ3v) is 7.25. The lowest BCUT2D eigenvalue weighted by molar-refractivity contribution is 0.107.